The van der Waals surface area contributed by atoms with E-state index in [1.165, 1.54) is 12.0 Å². The minimum Gasteiger partial charge on any atom is -0.490 e. The highest BCUT2D eigenvalue weighted by atomic mass is 79.9. The number of rotatable bonds is 6. The van der Waals surface area contributed by atoms with Crippen molar-refractivity contribution in [1.29, 1.82) is 0 Å². The SMILES string of the molecule is COCCOc1ccc(C(N)C2CC2C)cc1Br. The Morgan fingerprint density at radius 3 is 2.72 bits per heavy atom. The van der Waals surface area contributed by atoms with Gasteiger partial charge < -0.3 is 15.2 Å². The van der Waals surface area contributed by atoms with E-state index in [2.05, 4.69) is 35.0 Å². The third-order valence-electron chi connectivity index (χ3n) is 3.52. The summed E-state index contributed by atoms with van der Waals surface area (Å²) in [6, 6.07) is 6.24. The standard InChI is InChI=1S/C14H20BrNO2/c1-9-7-11(9)14(16)10-3-4-13(12(15)8-10)18-6-5-17-2/h3-4,8-9,11,14H,5-7,16H2,1-2H3. The van der Waals surface area contributed by atoms with E-state index in [-0.39, 0.29) is 6.04 Å². The third-order valence-corrected chi connectivity index (χ3v) is 4.14. The predicted octanol–water partition coefficient (Wildman–Crippen LogP) is 3.13. The molecule has 0 heterocycles. The molecule has 1 aliphatic carbocycles. The van der Waals surface area contributed by atoms with Gasteiger partial charge in [-0.3, -0.25) is 0 Å². The fourth-order valence-corrected chi connectivity index (χ4v) is 2.69. The summed E-state index contributed by atoms with van der Waals surface area (Å²) in [7, 11) is 1.66. The van der Waals surface area contributed by atoms with E-state index in [1.54, 1.807) is 7.11 Å². The second kappa shape index (κ2) is 6.04. The largest absolute Gasteiger partial charge is 0.490 e. The molecular formula is C14H20BrNO2. The molecule has 1 aromatic rings. The highest BCUT2D eigenvalue weighted by molar-refractivity contribution is 9.10. The Labute approximate surface area is 117 Å². The highest BCUT2D eigenvalue weighted by Crippen LogP contribution is 2.46. The van der Waals surface area contributed by atoms with Crippen LogP contribution >= 0.6 is 15.9 Å². The van der Waals surface area contributed by atoms with Gasteiger partial charge in [0, 0.05) is 13.2 Å². The number of methoxy groups -OCH3 is 1. The second-order valence-electron chi connectivity index (χ2n) is 4.93. The van der Waals surface area contributed by atoms with Crippen molar-refractivity contribution in [2.45, 2.75) is 19.4 Å². The quantitative estimate of drug-likeness (QED) is 0.821. The molecule has 1 aromatic carbocycles. The zero-order chi connectivity index (χ0) is 13.1. The Balaban J connectivity index is 2.00. The van der Waals surface area contributed by atoms with Gasteiger partial charge in [0.25, 0.3) is 0 Å². The lowest BCUT2D eigenvalue weighted by atomic mass is 10.0. The molecule has 3 unspecified atom stereocenters. The summed E-state index contributed by atoms with van der Waals surface area (Å²) >= 11 is 3.53. The van der Waals surface area contributed by atoms with Crippen LogP contribution in [0.1, 0.15) is 24.9 Å². The van der Waals surface area contributed by atoms with Crippen LogP contribution in [0.2, 0.25) is 0 Å². The van der Waals surface area contributed by atoms with Gasteiger partial charge in [-0.15, -0.1) is 0 Å². The van der Waals surface area contributed by atoms with Crippen LogP contribution in [0, 0.1) is 11.8 Å². The minimum atomic E-state index is 0.143. The van der Waals surface area contributed by atoms with Crippen molar-refractivity contribution >= 4 is 15.9 Å². The smallest absolute Gasteiger partial charge is 0.133 e. The molecule has 3 atom stereocenters. The van der Waals surface area contributed by atoms with Crippen molar-refractivity contribution in [1.82, 2.24) is 0 Å². The van der Waals surface area contributed by atoms with E-state index in [0.29, 0.717) is 19.1 Å². The Morgan fingerprint density at radius 2 is 2.17 bits per heavy atom. The fourth-order valence-electron chi connectivity index (χ4n) is 2.17. The van der Waals surface area contributed by atoms with Crippen LogP contribution in [-0.2, 0) is 4.74 Å². The van der Waals surface area contributed by atoms with E-state index in [1.807, 2.05) is 6.07 Å². The van der Waals surface area contributed by atoms with Crippen LogP contribution in [0.25, 0.3) is 0 Å². The van der Waals surface area contributed by atoms with Gasteiger partial charge in [0.1, 0.15) is 12.4 Å². The Kier molecular flexibility index (Phi) is 4.65. The molecule has 0 bridgehead atoms. The highest BCUT2D eigenvalue weighted by Gasteiger charge is 2.38. The van der Waals surface area contributed by atoms with Crippen LogP contribution in [-0.4, -0.2) is 20.3 Å². The molecule has 1 saturated carbocycles. The van der Waals surface area contributed by atoms with Crippen LogP contribution in [0.3, 0.4) is 0 Å². The fraction of sp³-hybridized carbons (Fsp3) is 0.571. The first-order valence-corrected chi connectivity index (χ1v) is 7.09. The maximum Gasteiger partial charge on any atom is 0.133 e. The zero-order valence-corrected chi connectivity index (χ0v) is 12.4. The number of hydrogen-bond acceptors (Lipinski definition) is 3. The summed E-state index contributed by atoms with van der Waals surface area (Å²) in [5, 5.41) is 0. The summed E-state index contributed by atoms with van der Waals surface area (Å²) < 4.78 is 11.5. The molecule has 0 aliphatic heterocycles. The van der Waals surface area contributed by atoms with Crippen molar-refractivity contribution < 1.29 is 9.47 Å². The molecule has 1 fully saturated rings. The molecule has 0 amide bonds. The summed E-state index contributed by atoms with van der Waals surface area (Å²) in [4.78, 5) is 0. The molecule has 2 rings (SSSR count). The average molecular weight is 314 g/mol. The summed E-state index contributed by atoms with van der Waals surface area (Å²) in [6.45, 7) is 3.40. The molecule has 4 heteroatoms. The lowest BCUT2D eigenvalue weighted by Crippen LogP contribution is -2.13. The van der Waals surface area contributed by atoms with Crippen LogP contribution in [0.15, 0.2) is 22.7 Å². The minimum absolute atomic E-state index is 0.143. The van der Waals surface area contributed by atoms with E-state index in [0.717, 1.165) is 16.1 Å². The molecule has 100 valence electrons. The van der Waals surface area contributed by atoms with Crippen LogP contribution < -0.4 is 10.5 Å². The summed E-state index contributed by atoms with van der Waals surface area (Å²) in [6.07, 6.45) is 1.24. The van der Waals surface area contributed by atoms with Gasteiger partial charge in [0.15, 0.2) is 0 Å². The molecule has 1 aliphatic rings. The van der Waals surface area contributed by atoms with E-state index in [9.17, 15) is 0 Å². The third kappa shape index (κ3) is 3.25. The summed E-state index contributed by atoms with van der Waals surface area (Å²) in [5.41, 5.74) is 7.43. The maximum absolute atomic E-state index is 6.25. The van der Waals surface area contributed by atoms with Crippen molar-refractivity contribution in [3.8, 4) is 5.75 Å². The van der Waals surface area contributed by atoms with Gasteiger partial charge in [-0.1, -0.05) is 13.0 Å². The van der Waals surface area contributed by atoms with Crippen LogP contribution in [0.5, 0.6) is 5.75 Å². The van der Waals surface area contributed by atoms with Gasteiger partial charge in [-0.2, -0.15) is 0 Å². The number of benzene rings is 1. The monoisotopic (exact) mass is 313 g/mol. The topological polar surface area (TPSA) is 44.5 Å². The normalized spacial score (nSPS) is 23.8. The molecule has 18 heavy (non-hydrogen) atoms. The zero-order valence-electron chi connectivity index (χ0n) is 10.9. The van der Waals surface area contributed by atoms with Crippen molar-refractivity contribution in [2.24, 2.45) is 17.6 Å². The van der Waals surface area contributed by atoms with E-state index in [4.69, 9.17) is 15.2 Å². The van der Waals surface area contributed by atoms with Crippen LogP contribution in [0.4, 0.5) is 0 Å². The Morgan fingerprint density at radius 1 is 1.44 bits per heavy atom. The number of nitrogens with two attached hydrogens (primary N) is 1. The number of hydrogen-bond donors (Lipinski definition) is 1. The van der Waals surface area contributed by atoms with Gasteiger partial charge >= 0.3 is 0 Å². The average Bonchev–Trinajstić information content (AvgIpc) is 3.08. The van der Waals surface area contributed by atoms with Crippen molar-refractivity contribution in [3.05, 3.63) is 28.2 Å². The van der Waals surface area contributed by atoms with Gasteiger partial charge in [0.2, 0.25) is 0 Å². The first-order chi connectivity index (χ1) is 8.63. The van der Waals surface area contributed by atoms with Crippen molar-refractivity contribution in [2.75, 3.05) is 20.3 Å². The first-order valence-electron chi connectivity index (χ1n) is 6.30. The molecular weight excluding hydrogens is 294 g/mol. The molecule has 0 aromatic heterocycles. The van der Waals surface area contributed by atoms with E-state index >= 15 is 0 Å². The maximum atomic E-state index is 6.25. The number of halogens is 1. The Hall–Kier alpha value is -0.580. The van der Waals surface area contributed by atoms with Gasteiger partial charge in [-0.25, -0.2) is 0 Å². The molecule has 3 nitrogen and oxygen atoms in total. The molecule has 0 radical (unpaired) electrons. The second-order valence-corrected chi connectivity index (χ2v) is 5.79. The molecule has 2 N–H and O–H groups in total. The lowest BCUT2D eigenvalue weighted by Gasteiger charge is -2.14. The van der Waals surface area contributed by atoms with Gasteiger partial charge in [0.05, 0.1) is 11.1 Å². The number of ether oxygens (including phenoxy) is 2. The van der Waals surface area contributed by atoms with E-state index < -0.39 is 0 Å². The van der Waals surface area contributed by atoms with Crippen molar-refractivity contribution in [3.63, 3.8) is 0 Å². The summed E-state index contributed by atoms with van der Waals surface area (Å²) in [5.74, 6) is 2.24. The molecule has 0 saturated heterocycles. The lowest BCUT2D eigenvalue weighted by molar-refractivity contribution is 0.146. The Bertz CT molecular complexity index is 411. The predicted molar refractivity (Wildman–Crippen MR) is 75.7 cm³/mol. The van der Waals surface area contributed by atoms with Gasteiger partial charge in [-0.05, 0) is 51.9 Å². The molecule has 0 spiro atoms. The first kappa shape index (κ1) is 13.8.